The molecule has 0 N–H and O–H groups in total. The van der Waals surface area contributed by atoms with E-state index in [9.17, 15) is 0 Å². The lowest BCUT2D eigenvalue weighted by atomic mass is 10.3. The first-order valence-corrected chi connectivity index (χ1v) is 5.60. The molecule has 0 aromatic carbocycles. The fourth-order valence-electron chi connectivity index (χ4n) is 1.60. The summed E-state index contributed by atoms with van der Waals surface area (Å²) in [5.41, 5.74) is 1.97. The van der Waals surface area contributed by atoms with Gasteiger partial charge < -0.3 is 4.42 Å². The molecule has 16 heavy (non-hydrogen) atoms. The van der Waals surface area contributed by atoms with Crippen molar-refractivity contribution >= 4 is 21.6 Å². The molecular formula is C11H8BrN3O. The van der Waals surface area contributed by atoms with Crippen LogP contribution in [-0.4, -0.2) is 14.6 Å². The van der Waals surface area contributed by atoms with Gasteiger partial charge in [0, 0.05) is 6.20 Å². The van der Waals surface area contributed by atoms with Gasteiger partial charge in [-0.25, -0.2) is 0 Å². The van der Waals surface area contributed by atoms with Gasteiger partial charge in [-0.05, 0) is 46.6 Å². The minimum Gasteiger partial charge on any atom is -0.446 e. The second-order valence-corrected chi connectivity index (χ2v) is 4.34. The Morgan fingerprint density at radius 2 is 2.06 bits per heavy atom. The smallest absolute Gasteiger partial charge is 0.204 e. The highest BCUT2D eigenvalue weighted by Crippen LogP contribution is 2.24. The molecule has 0 spiro atoms. The molecule has 0 amide bonds. The van der Waals surface area contributed by atoms with Gasteiger partial charge in [0.05, 0.1) is 0 Å². The molecule has 0 saturated heterocycles. The number of aryl methyl sites for hydroxylation is 1. The molecule has 0 aliphatic heterocycles. The third kappa shape index (κ3) is 1.44. The minimum absolute atomic E-state index is 0.687. The standard InChI is InChI=1S/C11H8BrN3O/c1-7-2-5-10-13-14-11(15(10)6-7)8-3-4-9(12)16-8/h2-6H,1H3. The average molecular weight is 278 g/mol. The molecule has 4 nitrogen and oxygen atoms in total. The summed E-state index contributed by atoms with van der Waals surface area (Å²) < 4.78 is 8.07. The van der Waals surface area contributed by atoms with Gasteiger partial charge in [-0.3, -0.25) is 4.40 Å². The van der Waals surface area contributed by atoms with Crippen LogP contribution in [0.15, 0.2) is 39.5 Å². The Kier molecular flexibility index (Phi) is 2.07. The van der Waals surface area contributed by atoms with Crippen molar-refractivity contribution in [3.05, 3.63) is 40.7 Å². The molecule has 0 aliphatic carbocycles. The Labute approximate surface area is 100 Å². The minimum atomic E-state index is 0.687. The Morgan fingerprint density at radius 1 is 1.19 bits per heavy atom. The van der Waals surface area contributed by atoms with Crippen molar-refractivity contribution in [3.8, 4) is 11.6 Å². The van der Waals surface area contributed by atoms with Gasteiger partial charge in [-0.1, -0.05) is 6.07 Å². The molecule has 0 atom stereocenters. The zero-order chi connectivity index (χ0) is 11.1. The first-order chi connectivity index (χ1) is 7.74. The Hall–Kier alpha value is -1.62. The first kappa shape index (κ1) is 9.59. The number of hydrogen-bond acceptors (Lipinski definition) is 3. The van der Waals surface area contributed by atoms with Crippen molar-refractivity contribution in [2.45, 2.75) is 6.92 Å². The van der Waals surface area contributed by atoms with Crippen molar-refractivity contribution in [2.24, 2.45) is 0 Å². The summed E-state index contributed by atoms with van der Waals surface area (Å²) in [7, 11) is 0. The van der Waals surface area contributed by atoms with Crippen LogP contribution < -0.4 is 0 Å². The molecule has 80 valence electrons. The molecule has 0 unspecified atom stereocenters. The maximum Gasteiger partial charge on any atom is 0.204 e. The van der Waals surface area contributed by atoms with Crippen molar-refractivity contribution in [3.63, 3.8) is 0 Å². The monoisotopic (exact) mass is 277 g/mol. The number of aromatic nitrogens is 3. The summed E-state index contributed by atoms with van der Waals surface area (Å²) in [6.07, 6.45) is 1.99. The van der Waals surface area contributed by atoms with Crippen LogP contribution in [0.5, 0.6) is 0 Å². The van der Waals surface area contributed by atoms with Gasteiger partial charge in [-0.2, -0.15) is 0 Å². The molecule has 3 aromatic rings. The van der Waals surface area contributed by atoms with E-state index in [1.807, 2.05) is 41.8 Å². The van der Waals surface area contributed by atoms with Crippen LogP contribution in [-0.2, 0) is 0 Å². The fraction of sp³-hybridized carbons (Fsp3) is 0.0909. The highest BCUT2D eigenvalue weighted by atomic mass is 79.9. The molecular weight excluding hydrogens is 270 g/mol. The fourth-order valence-corrected chi connectivity index (χ4v) is 1.91. The lowest BCUT2D eigenvalue weighted by Gasteiger charge is -1.97. The van der Waals surface area contributed by atoms with Crippen LogP contribution in [0.3, 0.4) is 0 Å². The van der Waals surface area contributed by atoms with E-state index in [-0.39, 0.29) is 0 Å². The van der Waals surface area contributed by atoms with Gasteiger partial charge in [-0.15, -0.1) is 10.2 Å². The van der Waals surface area contributed by atoms with E-state index in [4.69, 9.17) is 4.42 Å². The summed E-state index contributed by atoms with van der Waals surface area (Å²) in [5, 5.41) is 8.20. The molecule has 3 aromatic heterocycles. The van der Waals surface area contributed by atoms with E-state index in [0.29, 0.717) is 16.3 Å². The van der Waals surface area contributed by atoms with E-state index < -0.39 is 0 Å². The lowest BCUT2D eigenvalue weighted by Crippen LogP contribution is -1.88. The molecule has 0 aliphatic rings. The van der Waals surface area contributed by atoms with E-state index >= 15 is 0 Å². The van der Waals surface area contributed by atoms with E-state index in [1.54, 1.807) is 0 Å². The van der Waals surface area contributed by atoms with Gasteiger partial charge in [0.1, 0.15) is 0 Å². The third-order valence-electron chi connectivity index (χ3n) is 2.34. The Bertz CT molecular complexity index is 656. The van der Waals surface area contributed by atoms with Crippen LogP contribution in [0.4, 0.5) is 0 Å². The maximum atomic E-state index is 5.47. The van der Waals surface area contributed by atoms with Gasteiger partial charge in [0.2, 0.25) is 5.82 Å². The molecule has 0 radical (unpaired) electrons. The van der Waals surface area contributed by atoms with Crippen molar-refractivity contribution < 1.29 is 4.42 Å². The molecule has 3 heterocycles. The molecule has 0 fully saturated rings. The lowest BCUT2D eigenvalue weighted by molar-refractivity contribution is 0.550. The summed E-state index contributed by atoms with van der Waals surface area (Å²) in [6, 6.07) is 7.64. The predicted molar refractivity (Wildman–Crippen MR) is 63.1 cm³/mol. The molecule has 0 saturated carbocycles. The summed E-state index contributed by atoms with van der Waals surface area (Å²) in [5.74, 6) is 1.41. The molecule has 3 rings (SSSR count). The SMILES string of the molecule is Cc1ccc2nnc(-c3ccc(Br)o3)n2c1. The number of pyridine rings is 1. The van der Waals surface area contributed by atoms with Gasteiger partial charge >= 0.3 is 0 Å². The second-order valence-electron chi connectivity index (χ2n) is 3.56. The van der Waals surface area contributed by atoms with Crippen LogP contribution in [0, 0.1) is 6.92 Å². The van der Waals surface area contributed by atoms with Crippen LogP contribution in [0.1, 0.15) is 5.56 Å². The first-order valence-electron chi connectivity index (χ1n) is 4.81. The largest absolute Gasteiger partial charge is 0.446 e. The zero-order valence-corrected chi connectivity index (χ0v) is 10.1. The van der Waals surface area contributed by atoms with Crippen LogP contribution in [0.2, 0.25) is 0 Å². The Balaban J connectivity index is 2.27. The molecule has 0 bridgehead atoms. The Morgan fingerprint density at radius 3 is 2.81 bits per heavy atom. The normalized spacial score (nSPS) is 11.1. The van der Waals surface area contributed by atoms with Crippen molar-refractivity contribution in [2.75, 3.05) is 0 Å². The van der Waals surface area contributed by atoms with Gasteiger partial charge in [0.15, 0.2) is 16.1 Å². The van der Waals surface area contributed by atoms with Crippen molar-refractivity contribution in [1.82, 2.24) is 14.6 Å². The van der Waals surface area contributed by atoms with Gasteiger partial charge in [0.25, 0.3) is 0 Å². The number of halogens is 1. The third-order valence-corrected chi connectivity index (χ3v) is 2.77. The highest BCUT2D eigenvalue weighted by molar-refractivity contribution is 9.10. The van der Waals surface area contributed by atoms with E-state index in [1.165, 1.54) is 0 Å². The quantitative estimate of drug-likeness (QED) is 0.687. The van der Waals surface area contributed by atoms with E-state index in [2.05, 4.69) is 26.1 Å². The van der Waals surface area contributed by atoms with Crippen molar-refractivity contribution in [1.29, 1.82) is 0 Å². The zero-order valence-electron chi connectivity index (χ0n) is 8.51. The number of hydrogen-bond donors (Lipinski definition) is 0. The highest BCUT2D eigenvalue weighted by Gasteiger charge is 2.11. The maximum absolute atomic E-state index is 5.47. The number of rotatable bonds is 1. The summed E-state index contributed by atoms with van der Waals surface area (Å²) in [4.78, 5) is 0. The summed E-state index contributed by atoms with van der Waals surface area (Å²) >= 11 is 3.27. The number of fused-ring (bicyclic) bond motifs is 1. The topological polar surface area (TPSA) is 43.3 Å². The predicted octanol–water partition coefficient (Wildman–Crippen LogP) is 3.06. The van der Waals surface area contributed by atoms with Crippen LogP contribution >= 0.6 is 15.9 Å². The van der Waals surface area contributed by atoms with E-state index in [0.717, 1.165) is 11.2 Å². The average Bonchev–Trinajstić information content (AvgIpc) is 2.83. The van der Waals surface area contributed by atoms with Crippen LogP contribution in [0.25, 0.3) is 17.2 Å². The second kappa shape index (κ2) is 3.45. The summed E-state index contributed by atoms with van der Waals surface area (Å²) in [6.45, 7) is 2.03. The molecule has 5 heteroatoms. The number of nitrogens with zero attached hydrogens (tertiary/aromatic N) is 3. The number of furan rings is 1.